The Kier molecular flexibility index (Phi) is 4.33. The quantitative estimate of drug-likeness (QED) is 0.877. The number of aromatic nitrogens is 3. The van der Waals surface area contributed by atoms with Crippen LogP contribution in [-0.4, -0.2) is 58.9 Å². The lowest BCUT2D eigenvalue weighted by Gasteiger charge is -2.35. The summed E-state index contributed by atoms with van der Waals surface area (Å²) < 4.78 is 4.94. The summed E-state index contributed by atoms with van der Waals surface area (Å²) in [4.78, 5) is 16.5. The zero-order chi connectivity index (χ0) is 16.4. The zero-order valence-corrected chi connectivity index (χ0v) is 13.7. The molecule has 3 rings (SSSR count). The Morgan fingerprint density at radius 3 is 2.61 bits per heavy atom. The number of amides is 1. The molecule has 0 atom stereocenters. The molecule has 23 heavy (non-hydrogen) atoms. The third kappa shape index (κ3) is 3.53. The lowest BCUT2D eigenvalue weighted by Crippen LogP contribution is -2.49. The van der Waals surface area contributed by atoms with Gasteiger partial charge in [-0.3, -0.25) is 14.8 Å². The highest BCUT2D eigenvalue weighted by Crippen LogP contribution is 2.23. The Morgan fingerprint density at radius 1 is 1.30 bits per heavy atom. The van der Waals surface area contributed by atoms with Gasteiger partial charge in [-0.1, -0.05) is 5.16 Å². The second-order valence-corrected chi connectivity index (χ2v) is 5.92. The molecule has 0 unspecified atom stereocenters. The molecule has 0 spiro atoms. The SMILES string of the molecule is Cc1cc(NC(=O)CN2CCN(c3c(C)n[nH]c3C)CC2)no1. The van der Waals surface area contributed by atoms with Crippen molar-refractivity contribution in [3.8, 4) is 0 Å². The monoisotopic (exact) mass is 318 g/mol. The molecule has 2 aromatic rings. The lowest BCUT2D eigenvalue weighted by atomic mass is 10.2. The molecule has 8 nitrogen and oxygen atoms in total. The summed E-state index contributed by atoms with van der Waals surface area (Å²) in [5, 5.41) is 13.8. The first-order chi connectivity index (χ1) is 11.0. The molecular weight excluding hydrogens is 296 g/mol. The number of anilines is 2. The Balaban J connectivity index is 1.50. The van der Waals surface area contributed by atoms with Gasteiger partial charge < -0.3 is 14.7 Å². The van der Waals surface area contributed by atoms with Crippen LogP contribution in [0, 0.1) is 20.8 Å². The highest BCUT2D eigenvalue weighted by molar-refractivity contribution is 5.91. The molecule has 1 saturated heterocycles. The summed E-state index contributed by atoms with van der Waals surface area (Å²) in [7, 11) is 0. The van der Waals surface area contributed by atoms with Crippen molar-refractivity contribution < 1.29 is 9.32 Å². The van der Waals surface area contributed by atoms with Gasteiger partial charge in [-0.2, -0.15) is 5.10 Å². The molecule has 0 radical (unpaired) electrons. The normalized spacial score (nSPS) is 15.9. The topological polar surface area (TPSA) is 90.3 Å². The van der Waals surface area contributed by atoms with Crippen LogP contribution >= 0.6 is 0 Å². The van der Waals surface area contributed by atoms with Gasteiger partial charge in [0.25, 0.3) is 0 Å². The molecular formula is C15H22N6O2. The van der Waals surface area contributed by atoms with Crippen molar-refractivity contribution in [3.63, 3.8) is 0 Å². The first kappa shape index (κ1) is 15.5. The van der Waals surface area contributed by atoms with Crippen LogP contribution in [0.15, 0.2) is 10.6 Å². The van der Waals surface area contributed by atoms with Gasteiger partial charge in [-0.15, -0.1) is 0 Å². The molecule has 8 heteroatoms. The number of hydrogen-bond acceptors (Lipinski definition) is 6. The lowest BCUT2D eigenvalue weighted by molar-refractivity contribution is -0.117. The molecule has 1 fully saturated rings. The standard InChI is InChI=1S/C15H22N6O2/c1-10-8-13(19-23-10)16-14(22)9-20-4-6-21(7-5-20)15-11(2)17-18-12(15)3/h8H,4-7,9H2,1-3H3,(H,17,18)(H,16,19,22). The van der Waals surface area contributed by atoms with Gasteiger partial charge in [-0.25, -0.2) is 0 Å². The van der Waals surface area contributed by atoms with Crippen molar-refractivity contribution in [2.75, 3.05) is 42.9 Å². The van der Waals surface area contributed by atoms with Crippen LogP contribution < -0.4 is 10.2 Å². The van der Waals surface area contributed by atoms with Crippen molar-refractivity contribution >= 4 is 17.4 Å². The van der Waals surface area contributed by atoms with Gasteiger partial charge in [-0.05, 0) is 20.8 Å². The number of carbonyl (C=O) groups excluding carboxylic acids is 1. The summed E-state index contributed by atoms with van der Waals surface area (Å²) >= 11 is 0. The van der Waals surface area contributed by atoms with Crippen LogP contribution in [0.1, 0.15) is 17.1 Å². The van der Waals surface area contributed by atoms with E-state index < -0.39 is 0 Å². The van der Waals surface area contributed by atoms with Crippen LogP contribution in [0.5, 0.6) is 0 Å². The number of nitrogens with one attached hydrogen (secondary N) is 2. The molecule has 1 aliphatic heterocycles. The number of nitrogens with zero attached hydrogens (tertiary/aromatic N) is 4. The molecule has 0 aromatic carbocycles. The number of rotatable bonds is 4. The van der Waals surface area contributed by atoms with E-state index in [1.807, 2.05) is 13.8 Å². The van der Waals surface area contributed by atoms with E-state index in [0.717, 1.165) is 37.6 Å². The number of aromatic amines is 1. The third-order valence-corrected chi connectivity index (χ3v) is 4.04. The second kappa shape index (κ2) is 6.41. The van der Waals surface area contributed by atoms with Gasteiger partial charge >= 0.3 is 0 Å². The van der Waals surface area contributed by atoms with Gasteiger partial charge in [0.2, 0.25) is 5.91 Å². The number of H-pyrrole nitrogens is 1. The number of hydrogen-bond donors (Lipinski definition) is 2. The van der Waals surface area contributed by atoms with Crippen molar-refractivity contribution in [1.29, 1.82) is 0 Å². The van der Waals surface area contributed by atoms with E-state index in [1.54, 1.807) is 13.0 Å². The van der Waals surface area contributed by atoms with Crippen LogP contribution in [0.3, 0.4) is 0 Å². The van der Waals surface area contributed by atoms with E-state index in [0.29, 0.717) is 18.1 Å². The number of piperazine rings is 1. The third-order valence-electron chi connectivity index (χ3n) is 4.04. The Bertz CT molecular complexity index is 664. The van der Waals surface area contributed by atoms with Crippen molar-refractivity contribution in [3.05, 3.63) is 23.2 Å². The average Bonchev–Trinajstić information content (AvgIpc) is 3.06. The van der Waals surface area contributed by atoms with Crippen molar-refractivity contribution in [2.45, 2.75) is 20.8 Å². The fourth-order valence-electron chi connectivity index (χ4n) is 2.95. The van der Waals surface area contributed by atoms with Gasteiger partial charge in [0.15, 0.2) is 5.82 Å². The Labute approximate surface area is 134 Å². The molecule has 0 aliphatic carbocycles. The maximum Gasteiger partial charge on any atom is 0.239 e. The van der Waals surface area contributed by atoms with Gasteiger partial charge in [0.05, 0.1) is 23.6 Å². The first-order valence-electron chi connectivity index (χ1n) is 7.75. The van der Waals surface area contributed by atoms with Crippen LogP contribution in [0.2, 0.25) is 0 Å². The molecule has 2 aromatic heterocycles. The summed E-state index contributed by atoms with van der Waals surface area (Å²) in [6, 6.07) is 1.71. The fourth-order valence-corrected chi connectivity index (χ4v) is 2.95. The fraction of sp³-hybridized carbons (Fsp3) is 0.533. The van der Waals surface area contributed by atoms with Crippen molar-refractivity contribution in [1.82, 2.24) is 20.3 Å². The van der Waals surface area contributed by atoms with Crippen LogP contribution in [0.4, 0.5) is 11.5 Å². The summed E-state index contributed by atoms with van der Waals surface area (Å²) in [5.41, 5.74) is 3.30. The largest absolute Gasteiger partial charge is 0.366 e. The molecule has 1 amide bonds. The molecule has 2 N–H and O–H groups in total. The van der Waals surface area contributed by atoms with Crippen molar-refractivity contribution in [2.24, 2.45) is 0 Å². The molecule has 3 heterocycles. The second-order valence-electron chi connectivity index (χ2n) is 5.92. The first-order valence-corrected chi connectivity index (χ1v) is 7.75. The minimum absolute atomic E-state index is 0.0672. The summed E-state index contributed by atoms with van der Waals surface area (Å²) in [6.45, 7) is 9.66. The summed E-state index contributed by atoms with van der Waals surface area (Å²) in [6.07, 6.45) is 0. The smallest absolute Gasteiger partial charge is 0.239 e. The predicted octanol–water partition coefficient (Wildman–Crippen LogP) is 1.08. The summed E-state index contributed by atoms with van der Waals surface area (Å²) in [5.74, 6) is 1.08. The maximum absolute atomic E-state index is 12.0. The average molecular weight is 318 g/mol. The van der Waals surface area contributed by atoms with Crippen LogP contribution in [0.25, 0.3) is 0 Å². The Morgan fingerprint density at radius 2 is 2.04 bits per heavy atom. The van der Waals surface area contributed by atoms with E-state index >= 15 is 0 Å². The molecule has 124 valence electrons. The Hall–Kier alpha value is -2.35. The molecule has 0 saturated carbocycles. The maximum atomic E-state index is 12.0. The predicted molar refractivity (Wildman–Crippen MR) is 86.6 cm³/mol. The molecule has 0 bridgehead atoms. The number of carbonyl (C=O) groups is 1. The zero-order valence-electron chi connectivity index (χ0n) is 13.7. The van der Waals surface area contributed by atoms with E-state index in [9.17, 15) is 4.79 Å². The van der Waals surface area contributed by atoms with E-state index in [1.165, 1.54) is 5.69 Å². The highest BCUT2D eigenvalue weighted by atomic mass is 16.5. The minimum Gasteiger partial charge on any atom is -0.366 e. The van der Waals surface area contributed by atoms with Crippen LogP contribution in [-0.2, 0) is 4.79 Å². The highest BCUT2D eigenvalue weighted by Gasteiger charge is 2.22. The minimum atomic E-state index is -0.0672. The van der Waals surface area contributed by atoms with Gasteiger partial charge in [0, 0.05) is 32.2 Å². The van der Waals surface area contributed by atoms with Gasteiger partial charge in [0.1, 0.15) is 5.76 Å². The molecule has 1 aliphatic rings. The van der Waals surface area contributed by atoms with E-state index in [-0.39, 0.29) is 5.91 Å². The van der Waals surface area contributed by atoms with E-state index in [2.05, 4.69) is 30.5 Å². The van der Waals surface area contributed by atoms with E-state index in [4.69, 9.17) is 4.52 Å². The number of aryl methyl sites for hydroxylation is 3.